The Labute approximate surface area is 190 Å². The molecular weight excluding hydrogens is 422 g/mol. The third-order valence-electron chi connectivity index (χ3n) is 4.53. The van der Waals surface area contributed by atoms with E-state index in [1.165, 1.54) is 18.4 Å². The average Bonchev–Trinajstić information content (AvgIpc) is 3.28. The summed E-state index contributed by atoms with van der Waals surface area (Å²) in [7, 11) is 1.36. The Hall–Kier alpha value is -3.97. The fourth-order valence-corrected chi connectivity index (χ4v) is 3.83. The highest BCUT2D eigenvalue weighted by Gasteiger charge is 2.19. The molecule has 0 fully saturated rings. The largest absolute Gasteiger partial charge is 0.489 e. The summed E-state index contributed by atoms with van der Waals surface area (Å²) >= 11 is 1.20. The number of ether oxygens (including phenoxy) is 2. The lowest BCUT2D eigenvalue weighted by molar-refractivity contribution is 0.0607. The van der Waals surface area contributed by atoms with Crippen LogP contribution in [-0.4, -0.2) is 24.3 Å². The third-order valence-corrected chi connectivity index (χ3v) is 5.47. The number of nitrogens with one attached hydrogen (secondary N) is 1. The van der Waals surface area contributed by atoms with Crippen molar-refractivity contribution in [2.45, 2.75) is 6.61 Å². The van der Waals surface area contributed by atoms with Gasteiger partial charge in [-0.3, -0.25) is 5.43 Å². The first-order valence-electron chi connectivity index (χ1n) is 9.93. The Kier molecular flexibility index (Phi) is 6.89. The number of hydrazone groups is 1. The molecule has 4 aromatic rings. The molecule has 0 aliphatic heterocycles. The molecule has 1 aromatic heterocycles. The molecule has 1 heterocycles. The van der Waals surface area contributed by atoms with E-state index in [9.17, 15) is 4.79 Å². The van der Waals surface area contributed by atoms with Crippen molar-refractivity contribution in [3.05, 3.63) is 101 Å². The molecule has 0 bridgehead atoms. The van der Waals surface area contributed by atoms with E-state index >= 15 is 0 Å². The Morgan fingerprint density at radius 2 is 1.78 bits per heavy atom. The number of carbonyl (C=O) groups excluding carboxylic acids is 1. The number of carbonyl (C=O) groups is 1. The molecule has 0 aliphatic carbocycles. The van der Waals surface area contributed by atoms with Crippen LogP contribution in [0.5, 0.6) is 5.75 Å². The summed E-state index contributed by atoms with van der Waals surface area (Å²) in [6.45, 7) is 0.497. The molecule has 6 nitrogen and oxygen atoms in total. The zero-order valence-electron chi connectivity index (χ0n) is 17.4. The van der Waals surface area contributed by atoms with Gasteiger partial charge < -0.3 is 9.47 Å². The zero-order chi connectivity index (χ0) is 22.2. The van der Waals surface area contributed by atoms with Crippen LogP contribution >= 0.6 is 11.3 Å². The van der Waals surface area contributed by atoms with E-state index in [4.69, 9.17) is 9.47 Å². The Balaban J connectivity index is 1.45. The van der Waals surface area contributed by atoms with Gasteiger partial charge in [0.05, 0.1) is 19.0 Å². The molecule has 0 spiro atoms. The molecule has 0 saturated heterocycles. The van der Waals surface area contributed by atoms with Crippen molar-refractivity contribution in [3.63, 3.8) is 0 Å². The van der Waals surface area contributed by atoms with Crippen LogP contribution in [0, 0.1) is 0 Å². The van der Waals surface area contributed by atoms with Crippen LogP contribution in [0.4, 0.5) is 5.13 Å². The van der Waals surface area contributed by atoms with Crippen molar-refractivity contribution in [3.8, 4) is 17.0 Å². The molecule has 32 heavy (non-hydrogen) atoms. The molecule has 0 atom stereocenters. The second-order valence-corrected chi connectivity index (χ2v) is 7.77. The van der Waals surface area contributed by atoms with Gasteiger partial charge in [-0.15, -0.1) is 0 Å². The SMILES string of the molecule is COC(=O)c1sc(N/N=C\c2cccc(OCc3ccccc3)c2)nc1-c1ccccc1. The minimum absolute atomic E-state index is 0.424. The van der Waals surface area contributed by atoms with Crippen molar-refractivity contribution in [2.75, 3.05) is 12.5 Å². The van der Waals surface area contributed by atoms with Gasteiger partial charge >= 0.3 is 5.97 Å². The standard InChI is InChI=1S/C25H21N3O3S/c1-30-24(29)23-22(20-12-6-3-7-13-20)27-25(32-23)28-26-16-19-11-8-14-21(15-19)31-17-18-9-4-2-5-10-18/h2-16H,17H2,1H3,(H,27,28)/b26-16-. The van der Waals surface area contributed by atoms with Crippen LogP contribution in [0.15, 0.2) is 90.0 Å². The summed E-state index contributed by atoms with van der Waals surface area (Å²) < 4.78 is 10.8. The smallest absolute Gasteiger partial charge is 0.350 e. The molecule has 160 valence electrons. The van der Waals surface area contributed by atoms with Gasteiger partial charge in [-0.2, -0.15) is 5.10 Å². The molecule has 0 saturated carbocycles. The van der Waals surface area contributed by atoms with Crippen molar-refractivity contribution in [2.24, 2.45) is 5.10 Å². The maximum atomic E-state index is 12.2. The molecule has 3 aromatic carbocycles. The van der Waals surface area contributed by atoms with Gasteiger partial charge in [0.15, 0.2) is 0 Å². The number of anilines is 1. The van der Waals surface area contributed by atoms with Crippen LogP contribution in [0.1, 0.15) is 20.8 Å². The Bertz CT molecular complexity index is 1210. The minimum atomic E-state index is -0.429. The highest BCUT2D eigenvalue weighted by atomic mass is 32.1. The second kappa shape index (κ2) is 10.4. The van der Waals surface area contributed by atoms with E-state index in [0.29, 0.717) is 22.3 Å². The first-order chi connectivity index (χ1) is 15.7. The lowest BCUT2D eigenvalue weighted by atomic mass is 10.1. The van der Waals surface area contributed by atoms with Gasteiger partial charge in [-0.1, -0.05) is 84.1 Å². The summed E-state index contributed by atoms with van der Waals surface area (Å²) in [6, 6.07) is 27.2. The monoisotopic (exact) mass is 443 g/mol. The van der Waals surface area contributed by atoms with Crippen LogP contribution in [-0.2, 0) is 11.3 Å². The Morgan fingerprint density at radius 1 is 1.03 bits per heavy atom. The number of hydrogen-bond donors (Lipinski definition) is 1. The summed E-state index contributed by atoms with van der Waals surface area (Å²) in [5, 5.41) is 4.77. The molecular formula is C25H21N3O3S. The number of hydrogen-bond acceptors (Lipinski definition) is 7. The maximum Gasteiger partial charge on any atom is 0.350 e. The van der Waals surface area contributed by atoms with Gasteiger partial charge in [0.2, 0.25) is 5.13 Å². The normalized spacial score (nSPS) is 10.8. The molecule has 0 aliphatic rings. The van der Waals surface area contributed by atoms with Crippen molar-refractivity contribution >= 4 is 28.7 Å². The quantitative estimate of drug-likeness (QED) is 0.217. The maximum absolute atomic E-state index is 12.2. The molecule has 1 N–H and O–H groups in total. The fourth-order valence-electron chi connectivity index (χ4n) is 2.98. The predicted octanol–water partition coefficient (Wildman–Crippen LogP) is 5.62. The van der Waals surface area contributed by atoms with Gasteiger partial charge in [0.25, 0.3) is 0 Å². The van der Waals surface area contributed by atoms with E-state index in [1.807, 2.05) is 84.9 Å². The van der Waals surface area contributed by atoms with Crippen molar-refractivity contribution in [1.82, 2.24) is 4.98 Å². The summed E-state index contributed by atoms with van der Waals surface area (Å²) in [4.78, 5) is 17.1. The lowest BCUT2D eigenvalue weighted by Gasteiger charge is -2.06. The number of methoxy groups -OCH3 is 1. The van der Waals surface area contributed by atoms with Gasteiger partial charge in [0.1, 0.15) is 17.2 Å². The summed E-state index contributed by atoms with van der Waals surface area (Å²) in [5.41, 5.74) is 6.29. The van der Waals surface area contributed by atoms with Gasteiger partial charge in [-0.05, 0) is 23.3 Å². The van der Waals surface area contributed by atoms with Crippen molar-refractivity contribution in [1.29, 1.82) is 0 Å². The number of benzene rings is 3. The zero-order valence-corrected chi connectivity index (χ0v) is 18.2. The van der Waals surface area contributed by atoms with Crippen LogP contribution in [0.25, 0.3) is 11.3 Å². The number of aromatic nitrogens is 1. The Morgan fingerprint density at radius 3 is 2.53 bits per heavy atom. The predicted molar refractivity (Wildman–Crippen MR) is 127 cm³/mol. The highest BCUT2D eigenvalue weighted by Crippen LogP contribution is 2.31. The second-order valence-electron chi connectivity index (χ2n) is 6.77. The number of rotatable bonds is 8. The molecule has 0 radical (unpaired) electrons. The van der Waals surface area contributed by atoms with Crippen LogP contribution in [0.2, 0.25) is 0 Å². The van der Waals surface area contributed by atoms with Gasteiger partial charge in [0, 0.05) is 5.56 Å². The number of thiazole rings is 1. The van der Waals surface area contributed by atoms with E-state index < -0.39 is 5.97 Å². The summed E-state index contributed by atoms with van der Waals surface area (Å²) in [6.07, 6.45) is 1.68. The fraction of sp³-hybridized carbons (Fsp3) is 0.0800. The summed E-state index contributed by atoms with van der Waals surface area (Å²) in [5.74, 6) is 0.327. The number of esters is 1. The van der Waals surface area contributed by atoms with Crippen LogP contribution < -0.4 is 10.2 Å². The van der Waals surface area contributed by atoms with Crippen LogP contribution in [0.3, 0.4) is 0 Å². The topological polar surface area (TPSA) is 72.8 Å². The average molecular weight is 444 g/mol. The van der Waals surface area contributed by atoms with Gasteiger partial charge in [-0.25, -0.2) is 9.78 Å². The first-order valence-corrected chi connectivity index (χ1v) is 10.7. The molecule has 0 unspecified atom stereocenters. The molecule has 7 heteroatoms. The third kappa shape index (κ3) is 5.39. The first kappa shape index (κ1) is 21.3. The van der Waals surface area contributed by atoms with E-state index in [0.717, 1.165) is 22.4 Å². The minimum Gasteiger partial charge on any atom is -0.489 e. The van der Waals surface area contributed by atoms with E-state index in [-0.39, 0.29) is 0 Å². The van der Waals surface area contributed by atoms with E-state index in [2.05, 4.69) is 15.5 Å². The highest BCUT2D eigenvalue weighted by molar-refractivity contribution is 7.17. The lowest BCUT2D eigenvalue weighted by Crippen LogP contribution is -2.00. The molecule has 4 rings (SSSR count). The molecule has 0 amide bonds. The van der Waals surface area contributed by atoms with E-state index in [1.54, 1.807) is 6.21 Å². The van der Waals surface area contributed by atoms with Crippen molar-refractivity contribution < 1.29 is 14.3 Å². The number of nitrogens with zero attached hydrogens (tertiary/aromatic N) is 2.